The number of carbonyl (C=O) groups is 1. The molecule has 0 atom stereocenters. The largest absolute Gasteiger partial charge is 0.323 e. The molecule has 0 unspecified atom stereocenters. The summed E-state index contributed by atoms with van der Waals surface area (Å²) in [6.07, 6.45) is 0. The summed E-state index contributed by atoms with van der Waals surface area (Å²) in [7, 11) is 0. The third-order valence-corrected chi connectivity index (χ3v) is 6.27. The van der Waals surface area contributed by atoms with Crippen molar-refractivity contribution < 1.29 is 9.18 Å². The lowest BCUT2D eigenvalue weighted by Gasteiger charge is -2.14. The second-order valence-electron chi connectivity index (χ2n) is 7.76. The highest BCUT2D eigenvalue weighted by molar-refractivity contribution is 7.99. The van der Waals surface area contributed by atoms with Gasteiger partial charge in [0.15, 0.2) is 5.16 Å². The Hall–Kier alpha value is -3.16. The van der Waals surface area contributed by atoms with Gasteiger partial charge in [0.25, 0.3) is 5.56 Å². The molecule has 0 fully saturated rings. The third kappa shape index (κ3) is 5.10. The van der Waals surface area contributed by atoms with Gasteiger partial charge < -0.3 is 5.32 Å². The van der Waals surface area contributed by atoms with Crippen molar-refractivity contribution in [2.45, 2.75) is 24.9 Å². The number of nitrogens with one attached hydrogen (secondary N) is 1. The van der Waals surface area contributed by atoms with Crippen LogP contribution < -0.4 is 10.9 Å². The Bertz CT molecular complexity index is 1390. The first-order valence-corrected chi connectivity index (χ1v) is 11.7. The number of halogens is 2. The van der Waals surface area contributed by atoms with E-state index in [1.54, 1.807) is 24.3 Å². The topological polar surface area (TPSA) is 64.0 Å². The molecule has 3 aromatic carbocycles. The summed E-state index contributed by atoms with van der Waals surface area (Å²) in [6, 6.07) is 18.8. The first kappa shape index (κ1) is 23.0. The Morgan fingerprint density at radius 1 is 1.12 bits per heavy atom. The minimum atomic E-state index is -0.619. The minimum Gasteiger partial charge on any atom is -0.323 e. The van der Waals surface area contributed by atoms with Crippen LogP contribution in [0.4, 0.5) is 10.1 Å². The molecule has 4 aromatic rings. The molecule has 0 radical (unpaired) electrons. The second-order valence-corrected chi connectivity index (χ2v) is 9.14. The van der Waals surface area contributed by atoms with Crippen molar-refractivity contribution >= 4 is 45.9 Å². The lowest BCUT2D eigenvalue weighted by Crippen LogP contribution is -2.23. The third-order valence-electron chi connectivity index (χ3n) is 5.10. The van der Waals surface area contributed by atoms with E-state index in [0.29, 0.717) is 27.7 Å². The van der Waals surface area contributed by atoms with Crippen LogP contribution in [-0.2, 0) is 4.79 Å². The Morgan fingerprint density at radius 3 is 2.55 bits per heavy atom. The molecule has 4 rings (SSSR count). The van der Waals surface area contributed by atoms with Crippen molar-refractivity contribution in [3.05, 3.63) is 93.5 Å². The molecule has 1 N–H and O–H groups in total. The van der Waals surface area contributed by atoms with Crippen LogP contribution in [-0.4, -0.2) is 21.2 Å². The van der Waals surface area contributed by atoms with Gasteiger partial charge in [-0.25, -0.2) is 9.37 Å². The molecule has 1 amide bonds. The van der Waals surface area contributed by atoms with Gasteiger partial charge in [0.05, 0.1) is 28.0 Å². The predicted molar refractivity (Wildman–Crippen MR) is 132 cm³/mol. The van der Waals surface area contributed by atoms with Crippen LogP contribution >= 0.6 is 23.4 Å². The summed E-state index contributed by atoms with van der Waals surface area (Å²) in [6.45, 7) is 4.20. The monoisotopic (exact) mass is 481 g/mol. The summed E-state index contributed by atoms with van der Waals surface area (Å²) in [4.78, 5) is 30.5. The number of para-hydroxylation sites is 1. The van der Waals surface area contributed by atoms with Crippen LogP contribution in [0.3, 0.4) is 0 Å². The number of benzene rings is 3. The number of rotatable bonds is 6. The standard InChI is InChI=1S/C25H21ClFN3O2S/c1-15(2)16-7-10-18(11-8-16)30-24(32)19-5-3-4-6-21(19)29-25(30)33-14-23(31)28-22-12-9-17(26)13-20(22)27/h3-13,15H,14H2,1-2H3,(H,28,31). The van der Waals surface area contributed by atoms with E-state index in [4.69, 9.17) is 11.6 Å². The Balaban J connectivity index is 1.66. The van der Waals surface area contributed by atoms with E-state index in [1.807, 2.05) is 24.3 Å². The number of fused-ring (bicyclic) bond motifs is 1. The van der Waals surface area contributed by atoms with Crippen LogP contribution in [0.15, 0.2) is 76.7 Å². The molecular weight excluding hydrogens is 461 g/mol. The number of anilines is 1. The quantitative estimate of drug-likeness (QED) is 0.269. The molecule has 0 aliphatic heterocycles. The Morgan fingerprint density at radius 2 is 1.85 bits per heavy atom. The normalized spacial score (nSPS) is 11.2. The first-order valence-electron chi connectivity index (χ1n) is 10.3. The van der Waals surface area contributed by atoms with E-state index in [9.17, 15) is 14.0 Å². The molecule has 0 saturated carbocycles. The SMILES string of the molecule is CC(C)c1ccc(-n2c(SCC(=O)Nc3ccc(Cl)cc3F)nc3ccccc3c2=O)cc1. The molecular formula is C25H21ClFN3O2S. The minimum absolute atomic E-state index is 0.0399. The van der Waals surface area contributed by atoms with Gasteiger partial charge in [-0.15, -0.1) is 0 Å². The van der Waals surface area contributed by atoms with Gasteiger partial charge >= 0.3 is 0 Å². The van der Waals surface area contributed by atoms with Crippen LogP contribution in [0.1, 0.15) is 25.3 Å². The average Bonchev–Trinajstić information content (AvgIpc) is 2.80. The summed E-state index contributed by atoms with van der Waals surface area (Å²) < 4.78 is 15.5. The van der Waals surface area contributed by atoms with Crippen molar-refractivity contribution in [2.24, 2.45) is 0 Å². The molecule has 0 bridgehead atoms. The molecule has 1 heterocycles. The Labute approximate surface area is 199 Å². The second kappa shape index (κ2) is 9.77. The van der Waals surface area contributed by atoms with E-state index >= 15 is 0 Å². The van der Waals surface area contributed by atoms with Crippen molar-refractivity contribution in [2.75, 3.05) is 11.1 Å². The maximum atomic E-state index is 14.0. The zero-order valence-electron chi connectivity index (χ0n) is 18.0. The number of hydrogen-bond donors (Lipinski definition) is 1. The molecule has 33 heavy (non-hydrogen) atoms. The molecule has 0 aliphatic rings. The van der Waals surface area contributed by atoms with Gasteiger partial charge in [-0.2, -0.15) is 0 Å². The molecule has 1 aromatic heterocycles. The number of thioether (sulfide) groups is 1. The van der Waals surface area contributed by atoms with Gasteiger partial charge in [-0.3, -0.25) is 14.2 Å². The summed E-state index contributed by atoms with van der Waals surface area (Å²) in [5.41, 5.74) is 2.18. The highest BCUT2D eigenvalue weighted by Crippen LogP contribution is 2.24. The fourth-order valence-corrected chi connectivity index (χ4v) is 4.32. The van der Waals surface area contributed by atoms with Gasteiger partial charge in [0.1, 0.15) is 5.82 Å². The van der Waals surface area contributed by atoms with E-state index in [1.165, 1.54) is 16.7 Å². The van der Waals surface area contributed by atoms with Gasteiger partial charge in [0.2, 0.25) is 5.91 Å². The molecule has 168 valence electrons. The molecule has 8 heteroatoms. The van der Waals surface area contributed by atoms with Crippen LogP contribution in [0.2, 0.25) is 5.02 Å². The van der Waals surface area contributed by atoms with Crippen molar-refractivity contribution in [1.29, 1.82) is 0 Å². The molecule has 0 aliphatic carbocycles. The summed E-state index contributed by atoms with van der Waals surface area (Å²) in [5.74, 6) is -0.745. The number of hydrogen-bond acceptors (Lipinski definition) is 4. The fraction of sp³-hybridized carbons (Fsp3) is 0.160. The molecule has 5 nitrogen and oxygen atoms in total. The van der Waals surface area contributed by atoms with Crippen molar-refractivity contribution in [3.63, 3.8) is 0 Å². The average molecular weight is 482 g/mol. The summed E-state index contributed by atoms with van der Waals surface area (Å²) in [5, 5.41) is 3.64. The maximum absolute atomic E-state index is 14.0. The van der Waals surface area contributed by atoms with E-state index < -0.39 is 11.7 Å². The number of nitrogens with zero attached hydrogens (tertiary/aromatic N) is 2. The van der Waals surface area contributed by atoms with E-state index in [-0.39, 0.29) is 22.0 Å². The maximum Gasteiger partial charge on any atom is 0.266 e. The van der Waals surface area contributed by atoms with Crippen LogP contribution in [0, 0.1) is 5.82 Å². The predicted octanol–water partition coefficient (Wildman–Crippen LogP) is 6.03. The lowest BCUT2D eigenvalue weighted by atomic mass is 10.0. The van der Waals surface area contributed by atoms with Gasteiger partial charge in [0, 0.05) is 5.02 Å². The zero-order valence-corrected chi connectivity index (χ0v) is 19.6. The highest BCUT2D eigenvalue weighted by atomic mass is 35.5. The molecule has 0 saturated heterocycles. The molecule has 0 spiro atoms. The number of carbonyl (C=O) groups excluding carboxylic acids is 1. The van der Waals surface area contributed by atoms with Crippen molar-refractivity contribution in [3.8, 4) is 5.69 Å². The number of amides is 1. The van der Waals surface area contributed by atoms with Gasteiger partial charge in [-0.1, -0.05) is 61.5 Å². The van der Waals surface area contributed by atoms with Gasteiger partial charge in [-0.05, 0) is 53.9 Å². The number of aromatic nitrogens is 2. The van der Waals surface area contributed by atoms with Crippen LogP contribution in [0.25, 0.3) is 16.6 Å². The highest BCUT2D eigenvalue weighted by Gasteiger charge is 2.16. The zero-order chi connectivity index (χ0) is 23.5. The fourth-order valence-electron chi connectivity index (χ4n) is 3.35. The van der Waals surface area contributed by atoms with E-state index in [2.05, 4.69) is 24.1 Å². The van der Waals surface area contributed by atoms with E-state index in [0.717, 1.165) is 23.4 Å². The smallest absolute Gasteiger partial charge is 0.266 e. The summed E-state index contributed by atoms with van der Waals surface area (Å²) >= 11 is 6.87. The first-order chi connectivity index (χ1) is 15.8. The lowest BCUT2D eigenvalue weighted by molar-refractivity contribution is -0.113. The van der Waals surface area contributed by atoms with Crippen molar-refractivity contribution in [1.82, 2.24) is 9.55 Å². The Kier molecular flexibility index (Phi) is 6.81. The van der Waals surface area contributed by atoms with Crippen LogP contribution in [0.5, 0.6) is 0 Å².